The summed E-state index contributed by atoms with van der Waals surface area (Å²) in [6, 6.07) is 2.28. The number of carboxylic acids is 1. The van der Waals surface area contributed by atoms with Gasteiger partial charge in [-0.15, -0.1) is 0 Å². The van der Waals surface area contributed by atoms with Gasteiger partial charge in [0.05, 0.1) is 0 Å². The Morgan fingerprint density at radius 3 is 2.55 bits per heavy atom. The molecule has 1 heterocycles. The maximum Gasteiger partial charge on any atom is 0.326 e. The second-order valence-corrected chi connectivity index (χ2v) is 4.88. The highest BCUT2D eigenvalue weighted by atomic mass is 16.4. The van der Waals surface area contributed by atoms with Gasteiger partial charge in [-0.3, -0.25) is 4.79 Å². The number of carbonyl (C=O) groups is 2. The molecule has 1 unspecified atom stereocenters. The molecule has 0 fully saturated rings. The van der Waals surface area contributed by atoms with Crippen molar-refractivity contribution in [1.82, 2.24) is 15.3 Å². The van der Waals surface area contributed by atoms with Gasteiger partial charge in [0.1, 0.15) is 17.7 Å². The van der Waals surface area contributed by atoms with E-state index in [9.17, 15) is 9.59 Å². The van der Waals surface area contributed by atoms with Crippen molar-refractivity contribution in [2.75, 3.05) is 5.32 Å². The molecule has 116 valence electrons. The SMILES string of the molecule is CC(C)CC(NC(=O)/C(C#N)=C\Nc1ncccn1)C(=O)O. The normalized spacial score (nSPS) is 12.4. The van der Waals surface area contributed by atoms with Crippen LogP contribution in [0.3, 0.4) is 0 Å². The fraction of sp³-hybridized carbons (Fsp3) is 0.357. The molecule has 8 heteroatoms. The average molecular weight is 303 g/mol. The second-order valence-electron chi connectivity index (χ2n) is 4.88. The molecule has 0 aromatic carbocycles. The lowest BCUT2D eigenvalue weighted by molar-refractivity contribution is -0.141. The van der Waals surface area contributed by atoms with Crippen molar-refractivity contribution in [3.63, 3.8) is 0 Å². The maximum absolute atomic E-state index is 11.9. The van der Waals surface area contributed by atoms with Gasteiger partial charge in [0, 0.05) is 18.6 Å². The van der Waals surface area contributed by atoms with Crippen LogP contribution in [0, 0.1) is 17.2 Å². The minimum Gasteiger partial charge on any atom is -0.480 e. The maximum atomic E-state index is 11.9. The van der Waals surface area contributed by atoms with Gasteiger partial charge in [-0.2, -0.15) is 5.26 Å². The van der Waals surface area contributed by atoms with Gasteiger partial charge in [-0.1, -0.05) is 13.8 Å². The van der Waals surface area contributed by atoms with E-state index in [1.165, 1.54) is 12.4 Å². The first-order valence-corrected chi connectivity index (χ1v) is 6.61. The van der Waals surface area contributed by atoms with Crippen molar-refractivity contribution in [2.24, 2.45) is 5.92 Å². The highest BCUT2D eigenvalue weighted by Gasteiger charge is 2.22. The van der Waals surface area contributed by atoms with Gasteiger partial charge in [-0.05, 0) is 18.4 Å². The number of nitrogens with one attached hydrogen (secondary N) is 2. The molecule has 0 saturated heterocycles. The summed E-state index contributed by atoms with van der Waals surface area (Å²) in [4.78, 5) is 30.8. The van der Waals surface area contributed by atoms with E-state index in [2.05, 4.69) is 20.6 Å². The highest BCUT2D eigenvalue weighted by molar-refractivity contribution is 5.99. The van der Waals surface area contributed by atoms with Crippen LogP contribution in [0.15, 0.2) is 30.2 Å². The first kappa shape index (κ1) is 17.1. The molecule has 1 aromatic rings. The molecular weight excluding hydrogens is 286 g/mol. The Bertz CT molecular complexity index is 592. The molecule has 0 bridgehead atoms. The third-order valence-corrected chi connectivity index (χ3v) is 2.59. The fourth-order valence-corrected chi connectivity index (χ4v) is 1.59. The Morgan fingerprint density at radius 1 is 1.41 bits per heavy atom. The number of rotatable bonds is 7. The largest absolute Gasteiger partial charge is 0.480 e. The van der Waals surface area contributed by atoms with Crippen LogP contribution in [-0.2, 0) is 9.59 Å². The van der Waals surface area contributed by atoms with Gasteiger partial charge >= 0.3 is 5.97 Å². The van der Waals surface area contributed by atoms with Crippen molar-refractivity contribution in [2.45, 2.75) is 26.3 Å². The Balaban J connectivity index is 2.75. The number of hydrogen-bond acceptors (Lipinski definition) is 6. The Kier molecular flexibility index (Phi) is 6.50. The number of nitrogens with zero attached hydrogens (tertiary/aromatic N) is 3. The van der Waals surface area contributed by atoms with E-state index < -0.39 is 17.9 Å². The predicted molar refractivity (Wildman–Crippen MR) is 78.4 cm³/mol. The topological polar surface area (TPSA) is 128 Å². The molecule has 0 aliphatic carbocycles. The minimum absolute atomic E-state index is 0.0896. The van der Waals surface area contributed by atoms with Gasteiger partial charge in [-0.25, -0.2) is 14.8 Å². The molecule has 1 amide bonds. The summed E-state index contributed by atoms with van der Waals surface area (Å²) >= 11 is 0. The van der Waals surface area contributed by atoms with Crippen molar-refractivity contribution in [1.29, 1.82) is 5.26 Å². The summed E-state index contributed by atoms with van der Waals surface area (Å²) in [7, 11) is 0. The quantitative estimate of drug-likeness (QED) is 0.504. The third-order valence-electron chi connectivity index (χ3n) is 2.59. The molecule has 0 aliphatic rings. The first-order chi connectivity index (χ1) is 10.4. The molecule has 3 N–H and O–H groups in total. The van der Waals surface area contributed by atoms with Crippen LogP contribution in [0.5, 0.6) is 0 Å². The van der Waals surface area contributed by atoms with Crippen LogP contribution < -0.4 is 10.6 Å². The van der Waals surface area contributed by atoms with E-state index in [1.54, 1.807) is 12.1 Å². The van der Waals surface area contributed by atoms with Gasteiger partial charge in [0.25, 0.3) is 5.91 Å². The lowest BCUT2D eigenvalue weighted by Crippen LogP contribution is -2.42. The second kappa shape index (κ2) is 8.36. The van der Waals surface area contributed by atoms with Crippen LogP contribution in [0.1, 0.15) is 20.3 Å². The first-order valence-electron chi connectivity index (χ1n) is 6.61. The Morgan fingerprint density at radius 2 is 2.05 bits per heavy atom. The Labute approximate surface area is 127 Å². The lowest BCUT2D eigenvalue weighted by Gasteiger charge is -2.16. The predicted octanol–water partition coefficient (Wildman–Crippen LogP) is 0.911. The van der Waals surface area contributed by atoms with Crippen LogP contribution >= 0.6 is 0 Å². The third kappa shape index (κ3) is 5.58. The van der Waals surface area contributed by atoms with Crippen molar-refractivity contribution >= 4 is 17.8 Å². The lowest BCUT2D eigenvalue weighted by atomic mass is 10.0. The molecule has 0 aliphatic heterocycles. The zero-order valence-corrected chi connectivity index (χ0v) is 12.3. The smallest absolute Gasteiger partial charge is 0.326 e. The standard InChI is InChI=1S/C14H17N5O3/c1-9(2)6-11(13(21)22)19-12(20)10(7-15)8-18-14-16-4-3-5-17-14/h3-5,8-9,11H,6H2,1-2H3,(H,19,20)(H,21,22)(H,16,17,18)/b10-8-. The van der Waals surface area contributed by atoms with Gasteiger partial charge in [0.15, 0.2) is 0 Å². The summed E-state index contributed by atoms with van der Waals surface area (Å²) in [6.45, 7) is 3.69. The van der Waals surface area contributed by atoms with Gasteiger partial charge < -0.3 is 15.7 Å². The van der Waals surface area contributed by atoms with Crippen LogP contribution in [-0.4, -0.2) is 33.0 Å². The number of hydrogen-bond donors (Lipinski definition) is 3. The molecule has 1 aromatic heterocycles. The van der Waals surface area contributed by atoms with E-state index in [4.69, 9.17) is 10.4 Å². The fourth-order valence-electron chi connectivity index (χ4n) is 1.59. The number of anilines is 1. The van der Waals surface area contributed by atoms with E-state index in [1.807, 2.05) is 13.8 Å². The summed E-state index contributed by atoms with van der Waals surface area (Å²) in [6.07, 6.45) is 4.41. The zero-order chi connectivity index (χ0) is 16.5. The van der Waals surface area contributed by atoms with E-state index >= 15 is 0 Å². The van der Waals surface area contributed by atoms with E-state index in [0.29, 0.717) is 0 Å². The number of carboxylic acid groups (broad SMARTS) is 1. The molecule has 0 radical (unpaired) electrons. The Hall–Kier alpha value is -2.95. The zero-order valence-electron chi connectivity index (χ0n) is 12.3. The molecule has 0 saturated carbocycles. The molecule has 22 heavy (non-hydrogen) atoms. The van der Waals surface area contributed by atoms with Crippen LogP contribution in [0.4, 0.5) is 5.95 Å². The van der Waals surface area contributed by atoms with Crippen molar-refractivity contribution in [3.05, 3.63) is 30.2 Å². The summed E-state index contributed by atoms with van der Waals surface area (Å²) in [5, 5.41) is 23.0. The number of nitriles is 1. The van der Waals surface area contributed by atoms with E-state index in [0.717, 1.165) is 6.20 Å². The number of aliphatic carboxylic acids is 1. The van der Waals surface area contributed by atoms with Crippen molar-refractivity contribution in [3.8, 4) is 6.07 Å². The monoisotopic (exact) mass is 303 g/mol. The highest BCUT2D eigenvalue weighted by Crippen LogP contribution is 2.06. The summed E-state index contributed by atoms with van der Waals surface area (Å²) < 4.78 is 0. The molecule has 8 nitrogen and oxygen atoms in total. The number of carbonyl (C=O) groups excluding carboxylic acids is 1. The molecule has 0 spiro atoms. The summed E-state index contributed by atoms with van der Waals surface area (Å²) in [5.41, 5.74) is -0.262. The van der Waals surface area contributed by atoms with E-state index in [-0.39, 0.29) is 23.9 Å². The number of aromatic nitrogens is 2. The van der Waals surface area contributed by atoms with Crippen molar-refractivity contribution < 1.29 is 14.7 Å². The minimum atomic E-state index is -1.14. The van der Waals surface area contributed by atoms with Crippen LogP contribution in [0.25, 0.3) is 0 Å². The summed E-state index contributed by atoms with van der Waals surface area (Å²) in [5.74, 6) is -1.59. The van der Waals surface area contributed by atoms with Gasteiger partial charge in [0.2, 0.25) is 5.95 Å². The molecule has 1 atom stereocenters. The molecular formula is C14H17N5O3. The molecule has 1 rings (SSSR count). The van der Waals surface area contributed by atoms with Crippen LogP contribution in [0.2, 0.25) is 0 Å². The number of amides is 1. The average Bonchev–Trinajstić information content (AvgIpc) is 2.47.